The average Bonchev–Trinajstić information content (AvgIpc) is 3.70. The molecule has 4 aromatic rings. The Bertz CT molecular complexity index is 2050. The second-order valence-corrected chi connectivity index (χ2v) is 14.5. The number of nitrogens with two attached hydrogens (primary N) is 1. The normalized spacial score (nSPS) is 36.7. The molecule has 7 rings (SSSR count). The van der Waals surface area contributed by atoms with Crippen LogP contribution in [0.2, 0.25) is 15.3 Å². The van der Waals surface area contributed by atoms with E-state index in [-0.39, 0.29) is 43.5 Å². The van der Waals surface area contributed by atoms with E-state index < -0.39 is 83.5 Å². The van der Waals surface area contributed by atoms with E-state index in [2.05, 4.69) is 19.9 Å². The molecule has 3 aliphatic rings. The Morgan fingerprint density at radius 3 is 2.13 bits per heavy atom. The zero-order chi connectivity index (χ0) is 33.6. The topological polar surface area (TPSA) is 278 Å². The lowest BCUT2D eigenvalue weighted by atomic mass is 10.1. The fraction of sp³-hybridized carbons (Fsp3) is 0.455. The van der Waals surface area contributed by atoms with Gasteiger partial charge in [-0.15, -0.1) is 0 Å². The Labute approximate surface area is 276 Å². The van der Waals surface area contributed by atoms with Crippen LogP contribution in [0.15, 0.2) is 23.3 Å². The zero-order valence-electron chi connectivity index (χ0n) is 23.1. The number of ether oxygens (including phenoxy) is 2. The largest absolute Gasteiger partial charge is 0.472 e. The molecule has 47 heavy (non-hydrogen) atoms. The second kappa shape index (κ2) is 12.0. The smallest absolute Gasteiger partial charge is 0.387 e. The first-order chi connectivity index (χ1) is 22.1. The Morgan fingerprint density at radius 2 is 1.49 bits per heavy atom. The van der Waals surface area contributed by atoms with Crippen molar-refractivity contribution in [1.29, 1.82) is 0 Å². The lowest BCUT2D eigenvalue weighted by Crippen LogP contribution is -2.38. The number of rotatable bonds is 2. The summed E-state index contributed by atoms with van der Waals surface area (Å²) < 4.78 is 61.4. The lowest BCUT2D eigenvalue weighted by Gasteiger charge is -2.26. The summed E-state index contributed by atoms with van der Waals surface area (Å²) in [5.74, 6) is -0.295. The van der Waals surface area contributed by atoms with Crippen LogP contribution in [0.25, 0.3) is 22.2 Å². The number of hydrogen-bond acceptors (Lipinski definition) is 15. The van der Waals surface area contributed by atoms with Gasteiger partial charge in [-0.3, -0.25) is 37.0 Å². The fourth-order valence-corrected chi connectivity index (χ4v) is 7.97. The summed E-state index contributed by atoms with van der Waals surface area (Å²) in [5.41, 5.74) is 5.09. The highest BCUT2D eigenvalue weighted by atomic mass is 35.5. The maximum Gasteiger partial charge on any atom is 0.472 e. The minimum Gasteiger partial charge on any atom is -0.387 e. The number of phosphoric ester groups is 2. The van der Waals surface area contributed by atoms with Crippen molar-refractivity contribution < 1.29 is 56.7 Å². The third-order valence-electron chi connectivity index (χ3n) is 7.61. The maximum atomic E-state index is 13.3. The fourth-order valence-electron chi connectivity index (χ4n) is 5.51. The molecule has 10 atom stereocenters. The number of aliphatic hydroxyl groups excluding tert-OH is 2. The number of aromatic amines is 1. The van der Waals surface area contributed by atoms with Gasteiger partial charge in [0.05, 0.1) is 40.6 Å². The highest BCUT2D eigenvalue weighted by Crippen LogP contribution is 2.54. The monoisotopic (exact) mass is 759 g/mol. The molecular weight excluding hydrogens is 739 g/mol. The molecule has 0 spiro atoms. The number of nitrogens with one attached hydrogen (secondary N) is 1. The first-order valence-corrected chi connectivity index (χ1v) is 17.5. The number of halogens is 3. The lowest BCUT2D eigenvalue weighted by molar-refractivity contribution is -0.0674. The van der Waals surface area contributed by atoms with Crippen LogP contribution >= 0.6 is 50.4 Å². The molecule has 3 aromatic heterocycles. The van der Waals surface area contributed by atoms with E-state index >= 15 is 0 Å². The molecule has 0 aliphatic carbocycles. The molecular formula is C22H22Cl3N7O13P2. The Balaban J connectivity index is 1.24. The van der Waals surface area contributed by atoms with E-state index in [0.29, 0.717) is 0 Å². The van der Waals surface area contributed by atoms with Gasteiger partial charge in [0.2, 0.25) is 11.2 Å². The Hall–Kier alpha value is -2.23. The van der Waals surface area contributed by atoms with Gasteiger partial charge in [0.25, 0.3) is 5.56 Å². The molecule has 3 saturated heterocycles. The predicted octanol–water partition coefficient (Wildman–Crippen LogP) is 1.25. The van der Waals surface area contributed by atoms with Crippen molar-refractivity contribution in [2.45, 2.75) is 49.1 Å². The van der Waals surface area contributed by atoms with Gasteiger partial charge < -0.3 is 35.2 Å². The molecule has 1 aromatic carbocycles. The number of phosphoric acid groups is 2. The van der Waals surface area contributed by atoms with Gasteiger partial charge in [-0.05, 0) is 23.7 Å². The van der Waals surface area contributed by atoms with E-state index in [0.717, 1.165) is 10.9 Å². The number of H-pyrrole nitrogens is 1. The molecule has 7 N–H and O–H groups in total. The number of hydrogen-bond donors (Lipinski definition) is 6. The van der Waals surface area contributed by atoms with Gasteiger partial charge in [-0.2, -0.15) is 4.98 Å². The molecule has 6 unspecified atom stereocenters. The van der Waals surface area contributed by atoms with Crippen molar-refractivity contribution >= 4 is 78.6 Å². The number of anilines is 1. The minimum atomic E-state index is -5.13. The Morgan fingerprint density at radius 1 is 0.915 bits per heavy atom. The number of aromatic nitrogens is 6. The molecule has 3 aliphatic heterocycles. The van der Waals surface area contributed by atoms with E-state index in [9.17, 15) is 33.9 Å². The second-order valence-electron chi connectivity index (χ2n) is 10.6. The van der Waals surface area contributed by atoms with Crippen LogP contribution in [0.3, 0.4) is 0 Å². The Kier molecular flexibility index (Phi) is 8.48. The van der Waals surface area contributed by atoms with Crippen molar-refractivity contribution in [1.82, 2.24) is 29.1 Å². The third-order valence-corrected chi connectivity index (χ3v) is 10.6. The molecule has 254 valence electrons. The number of nitrogen functional groups attached to an aromatic ring is 1. The van der Waals surface area contributed by atoms with Crippen molar-refractivity contribution in [2.75, 3.05) is 18.9 Å². The van der Waals surface area contributed by atoms with Gasteiger partial charge in [0.15, 0.2) is 23.6 Å². The van der Waals surface area contributed by atoms with E-state index in [1.165, 1.54) is 16.7 Å². The maximum absolute atomic E-state index is 13.3. The zero-order valence-corrected chi connectivity index (χ0v) is 27.1. The number of nitrogens with zero attached hydrogens (tertiary/aromatic N) is 5. The number of aliphatic hydroxyl groups is 2. The van der Waals surface area contributed by atoms with Crippen molar-refractivity contribution in [2.24, 2.45) is 0 Å². The average molecular weight is 761 g/mol. The van der Waals surface area contributed by atoms with Crippen molar-refractivity contribution in [3.05, 3.63) is 44.1 Å². The van der Waals surface area contributed by atoms with Crippen LogP contribution in [-0.2, 0) is 36.7 Å². The quantitative estimate of drug-likeness (QED) is 0.157. The highest BCUT2D eigenvalue weighted by Gasteiger charge is 2.54. The molecule has 25 heteroatoms. The molecule has 0 saturated carbocycles. The third kappa shape index (κ3) is 6.01. The van der Waals surface area contributed by atoms with Crippen LogP contribution in [0.5, 0.6) is 0 Å². The van der Waals surface area contributed by atoms with Crippen LogP contribution in [0.1, 0.15) is 12.5 Å². The first-order valence-electron chi connectivity index (χ1n) is 13.4. The molecule has 3 fully saturated rings. The van der Waals surface area contributed by atoms with Crippen LogP contribution in [0, 0.1) is 0 Å². The number of benzene rings is 1. The first kappa shape index (κ1) is 33.3. The van der Waals surface area contributed by atoms with Gasteiger partial charge in [-0.1, -0.05) is 23.2 Å². The summed E-state index contributed by atoms with van der Waals surface area (Å²) in [7, 11) is -10.3. The standard InChI is InChI=1S/C22H22Cl3N7O13P2/c23-6-1-8-9(2-7(6)24)32(21(25)28-8)20-16-14(34)11(43-20)4-41-46(36,37)44-15-13(33)10(3-40-47(38,39)45-16)42-19(15)31-5-27-12-17(31)29-22(26)30-18(12)35/h1-2,5,10-11,13-16,19-20,33-34H,3-4H2,(H,36,37)(H,38,39)(H3,26,29,30,35)/t10-,11-,13?,14?,15?,16?,19-,20-/m1/s1. The number of imidazole rings is 2. The SMILES string of the molecule is Nc1nc2c(ncn2[C@@H]2O[C@@H]3COP(=O)(O)OC4C(O)[C@@H](COP(=O)(O)OC2C3O)O[C@H]4n2c(Cl)nc3cc(Cl)c(Cl)cc32)c(=O)[nH]1. The van der Waals surface area contributed by atoms with Gasteiger partial charge in [0.1, 0.15) is 36.6 Å². The van der Waals surface area contributed by atoms with E-state index in [1.54, 1.807) is 0 Å². The predicted molar refractivity (Wildman–Crippen MR) is 158 cm³/mol. The minimum absolute atomic E-state index is 0.0995. The van der Waals surface area contributed by atoms with Gasteiger partial charge in [0, 0.05) is 0 Å². The summed E-state index contributed by atoms with van der Waals surface area (Å²) in [4.78, 5) is 48.1. The molecule has 0 amide bonds. The summed E-state index contributed by atoms with van der Waals surface area (Å²) in [5, 5.41) is 22.3. The summed E-state index contributed by atoms with van der Waals surface area (Å²) in [6.07, 6.45) is -12.0. The highest BCUT2D eigenvalue weighted by molar-refractivity contribution is 7.47. The molecule has 20 nitrogen and oxygen atoms in total. The van der Waals surface area contributed by atoms with Crippen molar-refractivity contribution in [3.63, 3.8) is 0 Å². The van der Waals surface area contributed by atoms with Crippen LogP contribution in [-0.4, -0.2) is 98.9 Å². The van der Waals surface area contributed by atoms with Crippen LogP contribution < -0.4 is 11.3 Å². The molecule has 4 bridgehead atoms. The summed E-state index contributed by atoms with van der Waals surface area (Å²) >= 11 is 18.7. The molecule has 6 heterocycles. The van der Waals surface area contributed by atoms with Gasteiger partial charge >= 0.3 is 15.6 Å². The molecule has 0 radical (unpaired) electrons. The van der Waals surface area contributed by atoms with E-state index in [4.69, 9.17) is 68.1 Å². The van der Waals surface area contributed by atoms with E-state index in [1.807, 2.05) is 0 Å². The van der Waals surface area contributed by atoms with Gasteiger partial charge in [-0.25, -0.2) is 19.1 Å². The van der Waals surface area contributed by atoms with Crippen molar-refractivity contribution in [3.8, 4) is 0 Å². The van der Waals surface area contributed by atoms with Crippen LogP contribution in [0.4, 0.5) is 5.95 Å². The summed E-state index contributed by atoms with van der Waals surface area (Å²) in [6.45, 7) is -1.71. The summed E-state index contributed by atoms with van der Waals surface area (Å²) in [6, 6.07) is 2.79. The number of fused-ring (bicyclic) bond motifs is 6.